The molecule has 0 radical (unpaired) electrons. The molecule has 0 unspecified atom stereocenters. The van der Waals surface area contributed by atoms with E-state index in [-0.39, 0.29) is 0 Å². The molecule has 0 aliphatic heterocycles. The van der Waals surface area contributed by atoms with Gasteiger partial charge in [0.15, 0.2) is 0 Å². The summed E-state index contributed by atoms with van der Waals surface area (Å²) in [5.41, 5.74) is 5.66. The summed E-state index contributed by atoms with van der Waals surface area (Å²) in [5, 5.41) is 0. The lowest BCUT2D eigenvalue weighted by molar-refractivity contribution is 1.17. The van der Waals surface area contributed by atoms with Crippen molar-refractivity contribution in [2.45, 2.75) is 20.3 Å². The Morgan fingerprint density at radius 3 is 2.12 bits per heavy atom. The molecule has 0 saturated carbocycles. The van der Waals surface area contributed by atoms with Gasteiger partial charge >= 0.3 is 0 Å². The topological polar surface area (TPSA) is 37.6 Å². The van der Waals surface area contributed by atoms with Crippen molar-refractivity contribution in [2.24, 2.45) is 9.98 Å². The minimum absolute atomic E-state index is 0.802. The van der Waals surface area contributed by atoms with Crippen LogP contribution in [-0.4, -0.2) is 16.9 Å². The molecule has 25 heavy (non-hydrogen) atoms. The van der Waals surface area contributed by atoms with E-state index in [1.807, 2.05) is 55.6 Å². The first kappa shape index (κ1) is 16.8. The predicted molar refractivity (Wildman–Crippen MR) is 106 cm³/mol. The Labute approximate surface area is 148 Å². The molecule has 1 heterocycles. The number of aliphatic imine (C=N–C) groups is 2. The second-order valence-corrected chi connectivity index (χ2v) is 5.71. The van der Waals surface area contributed by atoms with E-state index in [0.29, 0.717) is 0 Å². The fourth-order valence-corrected chi connectivity index (χ4v) is 2.51. The molecular weight excluding hydrogens is 306 g/mol. The van der Waals surface area contributed by atoms with Gasteiger partial charge in [0.1, 0.15) is 0 Å². The van der Waals surface area contributed by atoms with Gasteiger partial charge in [-0.15, -0.1) is 0 Å². The summed E-state index contributed by atoms with van der Waals surface area (Å²) in [5.74, 6) is 0. The van der Waals surface area contributed by atoms with Gasteiger partial charge in [-0.3, -0.25) is 9.98 Å². The largest absolute Gasteiger partial charge is 0.259 e. The molecular formula is C22H21N3. The third kappa shape index (κ3) is 4.27. The van der Waals surface area contributed by atoms with Gasteiger partial charge < -0.3 is 0 Å². The van der Waals surface area contributed by atoms with Crippen molar-refractivity contribution in [1.82, 2.24) is 4.98 Å². The number of hydrogen-bond donors (Lipinski definition) is 0. The first-order valence-corrected chi connectivity index (χ1v) is 8.46. The number of rotatable bonds is 5. The highest BCUT2D eigenvalue weighted by molar-refractivity contribution is 6.13. The highest BCUT2D eigenvalue weighted by Crippen LogP contribution is 2.24. The predicted octanol–water partition coefficient (Wildman–Crippen LogP) is 5.67. The summed E-state index contributed by atoms with van der Waals surface area (Å²) >= 11 is 0. The molecule has 3 rings (SSSR count). The summed E-state index contributed by atoms with van der Waals surface area (Å²) in [6.07, 6.45) is 4.59. The normalized spacial score (nSPS) is 10.8. The molecule has 124 valence electrons. The van der Waals surface area contributed by atoms with Crippen LogP contribution in [0.1, 0.15) is 30.2 Å². The van der Waals surface area contributed by atoms with Crippen LogP contribution >= 0.6 is 0 Å². The number of hydrogen-bond acceptors (Lipinski definition) is 3. The lowest BCUT2D eigenvalue weighted by atomic mass is 10.0. The van der Waals surface area contributed by atoms with E-state index in [9.17, 15) is 0 Å². The summed E-state index contributed by atoms with van der Waals surface area (Å²) in [4.78, 5) is 13.8. The lowest BCUT2D eigenvalue weighted by Gasteiger charge is -2.08. The van der Waals surface area contributed by atoms with Crippen LogP contribution in [0.2, 0.25) is 0 Å². The highest BCUT2D eigenvalue weighted by atomic mass is 14.8. The van der Waals surface area contributed by atoms with Crippen molar-refractivity contribution in [3.63, 3.8) is 0 Å². The Morgan fingerprint density at radius 1 is 0.960 bits per heavy atom. The summed E-state index contributed by atoms with van der Waals surface area (Å²) in [6.45, 7) is 4.03. The number of benzene rings is 2. The Kier molecular flexibility index (Phi) is 5.47. The van der Waals surface area contributed by atoms with E-state index < -0.39 is 0 Å². The maximum atomic E-state index is 4.89. The van der Waals surface area contributed by atoms with E-state index in [2.05, 4.69) is 41.2 Å². The Morgan fingerprint density at radius 2 is 1.56 bits per heavy atom. The first-order chi connectivity index (χ1) is 12.3. The van der Waals surface area contributed by atoms with E-state index in [0.717, 1.165) is 40.3 Å². The first-order valence-electron chi connectivity index (χ1n) is 8.46. The molecule has 1 aromatic heterocycles. The molecule has 0 N–H and O–H groups in total. The van der Waals surface area contributed by atoms with E-state index in [4.69, 9.17) is 4.99 Å². The third-order valence-corrected chi connectivity index (χ3v) is 3.79. The van der Waals surface area contributed by atoms with Crippen LogP contribution in [0.15, 0.2) is 82.9 Å². The molecule has 0 bridgehead atoms. The van der Waals surface area contributed by atoms with Gasteiger partial charge in [0.2, 0.25) is 0 Å². The SMILES string of the molecule is CCC=Nc1cc(N=C(c2ccccc2)c2ccccc2)cnc1C. The van der Waals surface area contributed by atoms with Gasteiger partial charge in [-0.1, -0.05) is 67.6 Å². The average molecular weight is 327 g/mol. The van der Waals surface area contributed by atoms with E-state index in [1.54, 1.807) is 6.20 Å². The monoisotopic (exact) mass is 327 g/mol. The molecule has 3 heteroatoms. The summed E-state index contributed by atoms with van der Waals surface area (Å²) in [6, 6.07) is 22.4. The number of aromatic nitrogens is 1. The van der Waals surface area contributed by atoms with E-state index in [1.165, 1.54) is 0 Å². The van der Waals surface area contributed by atoms with Gasteiger partial charge in [0.25, 0.3) is 0 Å². The number of nitrogens with zero attached hydrogens (tertiary/aromatic N) is 3. The lowest BCUT2D eigenvalue weighted by Crippen LogP contribution is -2.02. The minimum atomic E-state index is 0.802. The van der Waals surface area contributed by atoms with Gasteiger partial charge in [-0.25, -0.2) is 4.99 Å². The second kappa shape index (κ2) is 8.15. The summed E-state index contributed by atoms with van der Waals surface area (Å²) in [7, 11) is 0. The molecule has 0 fully saturated rings. The fourth-order valence-electron chi connectivity index (χ4n) is 2.51. The Hall–Kier alpha value is -3.07. The average Bonchev–Trinajstić information content (AvgIpc) is 2.67. The van der Waals surface area contributed by atoms with E-state index >= 15 is 0 Å². The van der Waals surface area contributed by atoms with Crippen molar-refractivity contribution < 1.29 is 0 Å². The zero-order chi connectivity index (χ0) is 17.5. The molecule has 2 aromatic carbocycles. The molecule has 3 nitrogen and oxygen atoms in total. The Balaban J connectivity index is 2.09. The second-order valence-electron chi connectivity index (χ2n) is 5.71. The van der Waals surface area contributed by atoms with Crippen LogP contribution < -0.4 is 0 Å². The highest BCUT2D eigenvalue weighted by Gasteiger charge is 2.08. The van der Waals surface area contributed by atoms with Crippen molar-refractivity contribution in [1.29, 1.82) is 0 Å². The quantitative estimate of drug-likeness (QED) is 0.556. The van der Waals surface area contributed by atoms with Gasteiger partial charge in [0.05, 0.1) is 29.0 Å². The number of aryl methyl sites for hydroxylation is 1. The van der Waals surface area contributed by atoms with Crippen LogP contribution in [0.5, 0.6) is 0 Å². The zero-order valence-corrected chi connectivity index (χ0v) is 14.6. The third-order valence-electron chi connectivity index (χ3n) is 3.79. The standard InChI is InChI=1S/C22H21N3/c1-3-14-23-21-15-20(16-24-17(21)2)25-22(18-10-6-4-7-11-18)19-12-8-5-9-13-19/h4-16H,3H2,1-2H3. The maximum absolute atomic E-state index is 4.89. The van der Waals surface area contributed by atoms with Crippen molar-refractivity contribution >= 4 is 23.3 Å². The number of pyridine rings is 1. The van der Waals surface area contributed by atoms with Crippen LogP contribution in [0.25, 0.3) is 0 Å². The molecule has 0 spiro atoms. The molecule has 0 aliphatic rings. The molecule has 0 aliphatic carbocycles. The Bertz CT molecular complexity index is 840. The maximum Gasteiger partial charge on any atom is 0.0859 e. The van der Waals surface area contributed by atoms with Crippen LogP contribution in [0.3, 0.4) is 0 Å². The zero-order valence-electron chi connectivity index (χ0n) is 14.6. The van der Waals surface area contributed by atoms with Gasteiger partial charge in [-0.2, -0.15) is 0 Å². The van der Waals surface area contributed by atoms with Crippen LogP contribution in [-0.2, 0) is 0 Å². The van der Waals surface area contributed by atoms with Crippen LogP contribution in [0, 0.1) is 6.92 Å². The van der Waals surface area contributed by atoms with Crippen LogP contribution in [0.4, 0.5) is 11.4 Å². The fraction of sp³-hybridized carbons (Fsp3) is 0.136. The summed E-state index contributed by atoms with van der Waals surface area (Å²) < 4.78 is 0. The van der Waals surface area contributed by atoms with Crippen molar-refractivity contribution in [3.05, 3.63) is 89.7 Å². The van der Waals surface area contributed by atoms with Gasteiger partial charge in [-0.05, 0) is 19.4 Å². The van der Waals surface area contributed by atoms with Crippen molar-refractivity contribution in [2.75, 3.05) is 0 Å². The molecule has 0 saturated heterocycles. The molecule has 0 atom stereocenters. The van der Waals surface area contributed by atoms with Crippen molar-refractivity contribution in [3.8, 4) is 0 Å². The van der Waals surface area contributed by atoms with Gasteiger partial charge in [0, 0.05) is 17.3 Å². The molecule has 3 aromatic rings. The smallest absolute Gasteiger partial charge is 0.0859 e. The molecule has 0 amide bonds. The minimum Gasteiger partial charge on any atom is -0.259 e.